The molecule has 0 spiro atoms. The third-order valence-electron chi connectivity index (χ3n) is 3.69. The van der Waals surface area contributed by atoms with Gasteiger partial charge in [0.1, 0.15) is 0 Å². The molecule has 1 nitrogen and oxygen atoms in total. The van der Waals surface area contributed by atoms with Gasteiger partial charge in [0.2, 0.25) is 0 Å². The second kappa shape index (κ2) is 7.47. The van der Waals surface area contributed by atoms with E-state index >= 15 is 0 Å². The molecule has 0 aromatic heterocycles. The molecule has 0 amide bonds. The lowest BCUT2D eigenvalue weighted by Gasteiger charge is -2.10. The van der Waals surface area contributed by atoms with Crippen LogP contribution in [0.15, 0.2) is 48.5 Å². The molecule has 2 rings (SSSR count). The lowest BCUT2D eigenvalue weighted by Crippen LogP contribution is -2.06. The molecule has 0 aliphatic rings. The van der Waals surface area contributed by atoms with Gasteiger partial charge in [0.25, 0.3) is 0 Å². The van der Waals surface area contributed by atoms with E-state index in [9.17, 15) is 0 Å². The van der Waals surface area contributed by atoms with Gasteiger partial charge in [0.05, 0.1) is 0 Å². The smallest absolute Gasteiger partial charge is 0.0406 e. The van der Waals surface area contributed by atoms with Gasteiger partial charge < -0.3 is 5.73 Å². The van der Waals surface area contributed by atoms with Crippen molar-refractivity contribution in [2.75, 3.05) is 6.54 Å². The van der Waals surface area contributed by atoms with Crippen LogP contribution in [-0.2, 0) is 6.42 Å². The minimum atomic E-state index is 0.694. The molecule has 1 atom stereocenters. The maximum Gasteiger partial charge on any atom is 0.0406 e. The van der Waals surface area contributed by atoms with E-state index < -0.39 is 0 Å². The zero-order valence-electron chi connectivity index (χ0n) is 12.0. The summed E-state index contributed by atoms with van der Waals surface area (Å²) < 4.78 is 0. The van der Waals surface area contributed by atoms with Crippen LogP contribution >= 0.6 is 11.6 Å². The van der Waals surface area contributed by atoms with Crippen LogP contribution in [0.4, 0.5) is 0 Å². The zero-order valence-corrected chi connectivity index (χ0v) is 12.7. The Hall–Kier alpha value is -1.31. The highest BCUT2D eigenvalue weighted by Gasteiger charge is 2.03. The van der Waals surface area contributed by atoms with Crippen molar-refractivity contribution >= 4 is 11.6 Å². The average Bonchev–Trinajstić information content (AvgIpc) is 2.47. The van der Waals surface area contributed by atoms with E-state index in [2.05, 4.69) is 43.3 Å². The first-order valence-electron chi connectivity index (χ1n) is 7.24. The maximum absolute atomic E-state index is 5.93. The van der Waals surface area contributed by atoms with Crippen LogP contribution in [0.3, 0.4) is 0 Å². The highest BCUT2D eigenvalue weighted by molar-refractivity contribution is 6.30. The van der Waals surface area contributed by atoms with Crippen LogP contribution in [0.1, 0.15) is 25.3 Å². The number of hydrogen-bond acceptors (Lipinski definition) is 1. The summed E-state index contributed by atoms with van der Waals surface area (Å²) >= 11 is 5.93. The summed E-state index contributed by atoms with van der Waals surface area (Å²) in [4.78, 5) is 0. The van der Waals surface area contributed by atoms with Crippen molar-refractivity contribution in [3.05, 3.63) is 59.1 Å². The Morgan fingerprint density at radius 1 is 1.00 bits per heavy atom. The SMILES string of the molecule is CC(CCN)CCc1cccc(-c2ccc(Cl)cc2)c1. The van der Waals surface area contributed by atoms with Crippen molar-refractivity contribution in [1.29, 1.82) is 0 Å². The Morgan fingerprint density at radius 3 is 2.45 bits per heavy atom. The largest absolute Gasteiger partial charge is 0.330 e. The predicted octanol–water partition coefficient (Wildman–Crippen LogP) is 4.92. The Kier molecular flexibility index (Phi) is 5.63. The molecule has 0 heterocycles. The zero-order chi connectivity index (χ0) is 14.4. The van der Waals surface area contributed by atoms with Crippen molar-refractivity contribution in [1.82, 2.24) is 0 Å². The van der Waals surface area contributed by atoms with Crippen LogP contribution in [0.5, 0.6) is 0 Å². The molecule has 0 fully saturated rings. The van der Waals surface area contributed by atoms with Crippen molar-refractivity contribution in [2.24, 2.45) is 11.7 Å². The fourth-order valence-corrected chi connectivity index (χ4v) is 2.52. The van der Waals surface area contributed by atoms with Gasteiger partial charge in [0.15, 0.2) is 0 Å². The van der Waals surface area contributed by atoms with E-state index in [0.717, 1.165) is 24.4 Å². The van der Waals surface area contributed by atoms with Gasteiger partial charge in [-0.25, -0.2) is 0 Å². The van der Waals surface area contributed by atoms with Crippen molar-refractivity contribution < 1.29 is 0 Å². The number of benzene rings is 2. The van der Waals surface area contributed by atoms with Gasteiger partial charge in [0, 0.05) is 5.02 Å². The number of halogens is 1. The van der Waals surface area contributed by atoms with Gasteiger partial charge in [-0.3, -0.25) is 0 Å². The van der Waals surface area contributed by atoms with E-state index in [1.165, 1.54) is 23.1 Å². The number of rotatable bonds is 6. The Labute approximate surface area is 126 Å². The average molecular weight is 288 g/mol. The number of aryl methyl sites for hydroxylation is 1. The molecule has 2 heteroatoms. The summed E-state index contributed by atoms with van der Waals surface area (Å²) in [6, 6.07) is 16.8. The molecule has 1 unspecified atom stereocenters. The normalized spacial score (nSPS) is 12.3. The van der Waals surface area contributed by atoms with Crippen LogP contribution < -0.4 is 5.73 Å². The minimum Gasteiger partial charge on any atom is -0.330 e. The molecular weight excluding hydrogens is 266 g/mol. The second-order valence-electron chi connectivity index (χ2n) is 5.43. The molecule has 2 N–H and O–H groups in total. The first-order valence-corrected chi connectivity index (χ1v) is 7.62. The van der Waals surface area contributed by atoms with Crippen molar-refractivity contribution in [3.63, 3.8) is 0 Å². The second-order valence-corrected chi connectivity index (χ2v) is 5.86. The molecule has 0 radical (unpaired) electrons. The molecule has 2 aromatic carbocycles. The molecule has 0 saturated carbocycles. The van der Waals surface area contributed by atoms with Crippen LogP contribution in [0, 0.1) is 5.92 Å². The summed E-state index contributed by atoms with van der Waals surface area (Å²) in [5.41, 5.74) is 9.46. The quantitative estimate of drug-likeness (QED) is 0.801. The van der Waals surface area contributed by atoms with E-state index in [1.54, 1.807) is 0 Å². The summed E-state index contributed by atoms with van der Waals surface area (Å²) in [5, 5.41) is 0.778. The van der Waals surface area contributed by atoms with Crippen LogP contribution in [0.25, 0.3) is 11.1 Å². The highest BCUT2D eigenvalue weighted by atomic mass is 35.5. The Bertz CT molecular complexity index is 533. The number of nitrogens with two attached hydrogens (primary N) is 1. The van der Waals surface area contributed by atoms with E-state index in [4.69, 9.17) is 17.3 Å². The molecule has 20 heavy (non-hydrogen) atoms. The predicted molar refractivity (Wildman–Crippen MR) is 88.0 cm³/mol. The number of hydrogen-bond donors (Lipinski definition) is 1. The van der Waals surface area contributed by atoms with Gasteiger partial charge >= 0.3 is 0 Å². The third kappa shape index (κ3) is 4.36. The van der Waals surface area contributed by atoms with E-state index in [0.29, 0.717) is 5.92 Å². The minimum absolute atomic E-state index is 0.694. The molecule has 0 bridgehead atoms. The molecule has 106 valence electrons. The lowest BCUT2D eigenvalue weighted by atomic mass is 9.96. The van der Waals surface area contributed by atoms with Gasteiger partial charge in [-0.1, -0.05) is 54.9 Å². The monoisotopic (exact) mass is 287 g/mol. The van der Waals surface area contributed by atoms with Gasteiger partial charge in [-0.15, -0.1) is 0 Å². The molecule has 2 aromatic rings. The lowest BCUT2D eigenvalue weighted by molar-refractivity contribution is 0.500. The first-order chi connectivity index (χ1) is 9.69. The van der Waals surface area contributed by atoms with Gasteiger partial charge in [-0.05, 0) is 60.5 Å². The van der Waals surface area contributed by atoms with Crippen molar-refractivity contribution in [2.45, 2.75) is 26.2 Å². The molecule has 0 saturated heterocycles. The van der Waals surface area contributed by atoms with E-state index in [-0.39, 0.29) is 0 Å². The fraction of sp³-hybridized carbons (Fsp3) is 0.333. The van der Waals surface area contributed by atoms with Crippen molar-refractivity contribution in [3.8, 4) is 11.1 Å². The van der Waals surface area contributed by atoms with Crippen LogP contribution in [-0.4, -0.2) is 6.54 Å². The fourth-order valence-electron chi connectivity index (χ4n) is 2.39. The molecular formula is C18H22ClN. The first kappa shape index (κ1) is 15.1. The Morgan fingerprint density at radius 2 is 1.75 bits per heavy atom. The molecule has 0 aliphatic carbocycles. The standard InChI is InChI=1S/C18H22ClN/c1-14(11-12-20)5-6-15-3-2-4-17(13-15)16-7-9-18(19)10-8-16/h2-4,7-10,13-14H,5-6,11-12,20H2,1H3. The Balaban J connectivity index is 2.06. The summed E-state index contributed by atoms with van der Waals surface area (Å²) in [7, 11) is 0. The van der Waals surface area contributed by atoms with Gasteiger partial charge in [-0.2, -0.15) is 0 Å². The van der Waals surface area contributed by atoms with E-state index in [1.807, 2.05) is 12.1 Å². The summed E-state index contributed by atoms with van der Waals surface area (Å²) in [6.07, 6.45) is 3.42. The third-order valence-corrected chi connectivity index (χ3v) is 3.94. The van der Waals surface area contributed by atoms with Crippen LogP contribution in [0.2, 0.25) is 5.02 Å². The topological polar surface area (TPSA) is 26.0 Å². The summed E-state index contributed by atoms with van der Waals surface area (Å²) in [6.45, 7) is 3.06. The molecule has 0 aliphatic heterocycles. The highest BCUT2D eigenvalue weighted by Crippen LogP contribution is 2.23. The summed E-state index contributed by atoms with van der Waals surface area (Å²) in [5.74, 6) is 0.694. The maximum atomic E-state index is 5.93.